The Morgan fingerprint density at radius 1 is 1.45 bits per heavy atom. The number of benzene rings is 1. The largest absolute Gasteiger partial charge is 0.494 e. The first kappa shape index (κ1) is 14.7. The smallest absolute Gasteiger partial charge is 0.262 e. The number of thiophene rings is 1. The van der Waals surface area contributed by atoms with Crippen LogP contribution in [0.2, 0.25) is 0 Å². The molecule has 2 aromatic heterocycles. The van der Waals surface area contributed by atoms with E-state index in [-0.39, 0.29) is 17.9 Å². The van der Waals surface area contributed by atoms with Gasteiger partial charge in [-0.3, -0.25) is 9.36 Å². The normalized spacial score (nSPS) is 12.5. The SMILES string of the molecule is COc1ccc(C(O)Cn2cnc3sccc3c2=O)cc1F. The molecule has 0 fully saturated rings. The van der Waals surface area contributed by atoms with Gasteiger partial charge in [0.2, 0.25) is 0 Å². The summed E-state index contributed by atoms with van der Waals surface area (Å²) in [5.41, 5.74) is 0.148. The lowest BCUT2D eigenvalue weighted by Crippen LogP contribution is -2.23. The van der Waals surface area contributed by atoms with Crippen molar-refractivity contribution in [3.63, 3.8) is 0 Å². The second-order valence-corrected chi connectivity index (χ2v) is 5.65. The third-order valence-corrected chi connectivity index (χ3v) is 4.20. The maximum Gasteiger partial charge on any atom is 0.262 e. The first-order valence-electron chi connectivity index (χ1n) is 6.54. The third-order valence-electron chi connectivity index (χ3n) is 3.38. The lowest BCUT2D eigenvalue weighted by Gasteiger charge is -2.13. The van der Waals surface area contributed by atoms with Crippen molar-refractivity contribution in [2.24, 2.45) is 0 Å². The Morgan fingerprint density at radius 3 is 3.00 bits per heavy atom. The van der Waals surface area contributed by atoms with Crippen molar-refractivity contribution in [3.05, 3.63) is 57.7 Å². The zero-order valence-corrected chi connectivity index (χ0v) is 12.5. The van der Waals surface area contributed by atoms with Crippen LogP contribution < -0.4 is 10.3 Å². The zero-order chi connectivity index (χ0) is 15.7. The Bertz CT molecular complexity index is 875. The molecule has 1 aromatic carbocycles. The summed E-state index contributed by atoms with van der Waals surface area (Å²) >= 11 is 1.38. The summed E-state index contributed by atoms with van der Waals surface area (Å²) < 4.78 is 19.8. The molecule has 1 unspecified atom stereocenters. The van der Waals surface area contributed by atoms with Gasteiger partial charge in [0.05, 0.1) is 31.5 Å². The summed E-state index contributed by atoms with van der Waals surface area (Å²) in [4.78, 5) is 17.1. The van der Waals surface area contributed by atoms with Crippen LogP contribution in [0.25, 0.3) is 10.2 Å². The van der Waals surface area contributed by atoms with Gasteiger partial charge in [0.15, 0.2) is 11.6 Å². The number of hydrogen-bond acceptors (Lipinski definition) is 5. The monoisotopic (exact) mass is 320 g/mol. The van der Waals surface area contributed by atoms with Crippen LogP contribution in [0, 0.1) is 5.82 Å². The van der Waals surface area contributed by atoms with Gasteiger partial charge in [0, 0.05) is 0 Å². The van der Waals surface area contributed by atoms with Gasteiger partial charge in [-0.1, -0.05) is 6.07 Å². The molecule has 2 heterocycles. The lowest BCUT2D eigenvalue weighted by atomic mass is 10.1. The maximum absolute atomic E-state index is 13.7. The molecule has 3 aromatic rings. The second kappa shape index (κ2) is 5.86. The quantitative estimate of drug-likeness (QED) is 0.801. The van der Waals surface area contributed by atoms with Gasteiger partial charge in [-0.15, -0.1) is 11.3 Å². The van der Waals surface area contributed by atoms with E-state index in [1.54, 1.807) is 17.5 Å². The highest BCUT2D eigenvalue weighted by Crippen LogP contribution is 2.23. The summed E-state index contributed by atoms with van der Waals surface area (Å²) in [5.74, 6) is -0.452. The number of hydrogen-bond donors (Lipinski definition) is 1. The second-order valence-electron chi connectivity index (χ2n) is 4.75. The number of nitrogens with zero attached hydrogens (tertiary/aromatic N) is 2. The molecule has 5 nitrogen and oxygen atoms in total. The van der Waals surface area contributed by atoms with Crippen molar-refractivity contribution in [2.75, 3.05) is 7.11 Å². The maximum atomic E-state index is 13.7. The molecule has 1 N–H and O–H groups in total. The molecule has 0 amide bonds. The molecule has 114 valence electrons. The fourth-order valence-electron chi connectivity index (χ4n) is 2.20. The van der Waals surface area contributed by atoms with E-state index in [4.69, 9.17) is 4.74 Å². The molecule has 0 saturated carbocycles. The Morgan fingerprint density at radius 2 is 2.27 bits per heavy atom. The summed E-state index contributed by atoms with van der Waals surface area (Å²) in [6.07, 6.45) is 0.376. The summed E-state index contributed by atoms with van der Waals surface area (Å²) in [7, 11) is 1.37. The van der Waals surface area contributed by atoms with Crippen LogP contribution in [0.3, 0.4) is 0 Å². The minimum Gasteiger partial charge on any atom is -0.494 e. The van der Waals surface area contributed by atoms with Crippen LogP contribution in [0.5, 0.6) is 5.75 Å². The average Bonchev–Trinajstić information content (AvgIpc) is 2.99. The lowest BCUT2D eigenvalue weighted by molar-refractivity contribution is 0.154. The summed E-state index contributed by atoms with van der Waals surface area (Å²) in [5, 5.41) is 12.5. The predicted molar refractivity (Wildman–Crippen MR) is 81.8 cm³/mol. The predicted octanol–water partition coefficient (Wildman–Crippen LogP) is 2.34. The molecular formula is C15H13FN2O3S. The van der Waals surface area contributed by atoms with Crippen LogP contribution in [0.1, 0.15) is 11.7 Å². The number of rotatable bonds is 4. The molecule has 0 spiro atoms. The van der Waals surface area contributed by atoms with Crippen molar-refractivity contribution in [1.29, 1.82) is 0 Å². The van der Waals surface area contributed by atoms with Gasteiger partial charge >= 0.3 is 0 Å². The van der Waals surface area contributed by atoms with Crippen LogP contribution in [-0.2, 0) is 6.54 Å². The minimum atomic E-state index is -1.02. The standard InChI is InChI=1S/C15H13FN2O3S/c1-21-13-3-2-9(6-11(13)16)12(19)7-18-8-17-14-10(15(18)20)4-5-22-14/h2-6,8,12,19H,7H2,1H3. The Hall–Kier alpha value is -2.25. The Kier molecular flexibility index (Phi) is 3.91. The molecule has 0 aliphatic rings. The highest BCUT2D eigenvalue weighted by molar-refractivity contribution is 7.16. The highest BCUT2D eigenvalue weighted by atomic mass is 32.1. The Labute approximate surface area is 129 Å². The average molecular weight is 320 g/mol. The van der Waals surface area contributed by atoms with E-state index in [9.17, 15) is 14.3 Å². The molecule has 22 heavy (non-hydrogen) atoms. The van der Waals surface area contributed by atoms with Crippen molar-refractivity contribution < 1.29 is 14.2 Å². The van der Waals surface area contributed by atoms with E-state index in [1.165, 1.54) is 41.5 Å². The minimum absolute atomic E-state index is 0.00336. The molecule has 0 aliphatic carbocycles. The number of fused-ring (bicyclic) bond motifs is 1. The van der Waals surface area contributed by atoms with E-state index >= 15 is 0 Å². The summed E-state index contributed by atoms with van der Waals surface area (Å²) in [6.45, 7) is 0.00336. The van der Waals surface area contributed by atoms with E-state index in [0.717, 1.165) is 0 Å². The third kappa shape index (κ3) is 2.60. The molecule has 0 saturated heterocycles. The van der Waals surface area contributed by atoms with E-state index < -0.39 is 11.9 Å². The van der Waals surface area contributed by atoms with Crippen LogP contribution in [-0.4, -0.2) is 21.8 Å². The van der Waals surface area contributed by atoms with Crippen molar-refractivity contribution in [2.45, 2.75) is 12.6 Å². The first-order chi connectivity index (χ1) is 10.6. The van der Waals surface area contributed by atoms with E-state index in [0.29, 0.717) is 15.8 Å². The van der Waals surface area contributed by atoms with Gasteiger partial charge in [0.1, 0.15) is 4.83 Å². The van der Waals surface area contributed by atoms with Crippen molar-refractivity contribution in [1.82, 2.24) is 9.55 Å². The van der Waals surface area contributed by atoms with Crippen LogP contribution >= 0.6 is 11.3 Å². The molecule has 0 radical (unpaired) electrons. The van der Waals surface area contributed by atoms with Crippen molar-refractivity contribution >= 4 is 21.6 Å². The number of ether oxygens (including phenoxy) is 1. The molecular weight excluding hydrogens is 307 g/mol. The van der Waals surface area contributed by atoms with Gasteiger partial charge < -0.3 is 9.84 Å². The molecule has 0 bridgehead atoms. The number of aromatic nitrogens is 2. The van der Waals surface area contributed by atoms with E-state index in [2.05, 4.69) is 4.98 Å². The van der Waals surface area contributed by atoms with Crippen molar-refractivity contribution in [3.8, 4) is 5.75 Å². The molecule has 7 heteroatoms. The number of aliphatic hydroxyl groups is 1. The zero-order valence-electron chi connectivity index (χ0n) is 11.7. The van der Waals surface area contributed by atoms with E-state index in [1.807, 2.05) is 0 Å². The fourth-order valence-corrected chi connectivity index (χ4v) is 2.93. The van der Waals surface area contributed by atoms with Crippen LogP contribution in [0.4, 0.5) is 4.39 Å². The van der Waals surface area contributed by atoms with Gasteiger partial charge in [0.25, 0.3) is 5.56 Å². The Balaban J connectivity index is 1.89. The van der Waals surface area contributed by atoms with Gasteiger partial charge in [-0.25, -0.2) is 9.37 Å². The molecule has 1 atom stereocenters. The highest BCUT2D eigenvalue weighted by Gasteiger charge is 2.14. The first-order valence-corrected chi connectivity index (χ1v) is 7.42. The molecule has 3 rings (SSSR count). The fraction of sp³-hybridized carbons (Fsp3) is 0.200. The molecule has 0 aliphatic heterocycles. The summed E-state index contributed by atoms with van der Waals surface area (Å²) in [6, 6.07) is 5.90. The number of aliphatic hydroxyl groups excluding tert-OH is 1. The van der Waals surface area contributed by atoms with Gasteiger partial charge in [-0.2, -0.15) is 0 Å². The number of methoxy groups -OCH3 is 1. The van der Waals surface area contributed by atoms with Gasteiger partial charge in [-0.05, 0) is 29.1 Å². The van der Waals surface area contributed by atoms with Crippen LogP contribution in [0.15, 0.2) is 40.8 Å². The number of halogens is 1. The topological polar surface area (TPSA) is 64.3 Å².